The molecule has 2 N–H and O–H groups in total. The van der Waals surface area contributed by atoms with Gasteiger partial charge in [0.05, 0.1) is 30.6 Å². The van der Waals surface area contributed by atoms with Crippen molar-refractivity contribution in [3.8, 4) is 0 Å². The Labute approximate surface area is 163 Å². The molecule has 0 spiro atoms. The number of ether oxygens (including phenoxy) is 1. The molecule has 0 saturated carbocycles. The van der Waals surface area contributed by atoms with E-state index in [-0.39, 0.29) is 17.3 Å². The van der Waals surface area contributed by atoms with Crippen molar-refractivity contribution in [2.75, 3.05) is 31.6 Å². The van der Waals surface area contributed by atoms with Crippen LogP contribution in [0, 0.1) is 0 Å². The Bertz CT molecular complexity index is 781. The number of carboxylic acid groups (broad SMARTS) is 1. The van der Waals surface area contributed by atoms with Gasteiger partial charge in [-0.3, -0.25) is 4.90 Å². The van der Waals surface area contributed by atoms with Crippen LogP contribution in [0.25, 0.3) is 0 Å². The predicted octanol–water partition coefficient (Wildman–Crippen LogP) is 3.09. The summed E-state index contributed by atoms with van der Waals surface area (Å²) in [4.78, 5) is 21.3. The third kappa shape index (κ3) is 5.15. The molecule has 1 aromatic carbocycles. The second-order valence-corrected chi connectivity index (χ2v) is 7.56. The van der Waals surface area contributed by atoms with Crippen molar-refractivity contribution in [1.82, 2.24) is 14.9 Å². The molecule has 7 nitrogen and oxygen atoms in total. The van der Waals surface area contributed by atoms with E-state index in [4.69, 9.17) is 21.4 Å². The van der Waals surface area contributed by atoms with E-state index in [0.29, 0.717) is 24.0 Å². The number of aromatic carboxylic acids is 1. The van der Waals surface area contributed by atoms with Gasteiger partial charge in [0, 0.05) is 24.7 Å². The van der Waals surface area contributed by atoms with E-state index in [9.17, 15) is 4.79 Å². The Morgan fingerprint density at radius 2 is 2.07 bits per heavy atom. The van der Waals surface area contributed by atoms with E-state index in [1.165, 1.54) is 12.4 Å². The molecule has 0 amide bonds. The lowest BCUT2D eigenvalue weighted by molar-refractivity contribution is -0.0963. The molecule has 1 aromatic heterocycles. The standard InChI is InChI=1S/C19H23ClN4O3/c1-19(2)12-24(7-8-27-19)16(13-3-5-14(20)6-4-13)10-23-17-11-21-15(9-22-17)18(25)26/h3-6,9,11,16H,7-8,10,12H2,1-2H3,(H,22,23)(H,25,26). The molecule has 27 heavy (non-hydrogen) atoms. The van der Waals surface area contributed by atoms with Gasteiger partial charge in [-0.1, -0.05) is 23.7 Å². The van der Waals surface area contributed by atoms with Crippen molar-refractivity contribution >= 4 is 23.4 Å². The van der Waals surface area contributed by atoms with Crippen molar-refractivity contribution < 1.29 is 14.6 Å². The lowest BCUT2D eigenvalue weighted by Crippen LogP contribution is -2.50. The molecule has 0 bridgehead atoms. The van der Waals surface area contributed by atoms with E-state index in [1.54, 1.807) is 0 Å². The minimum Gasteiger partial charge on any atom is -0.476 e. The molecular formula is C19H23ClN4O3. The Hall–Kier alpha value is -2.22. The van der Waals surface area contributed by atoms with E-state index >= 15 is 0 Å². The normalized spacial score (nSPS) is 18.0. The summed E-state index contributed by atoms with van der Waals surface area (Å²) >= 11 is 6.05. The van der Waals surface area contributed by atoms with Gasteiger partial charge in [-0.2, -0.15) is 0 Å². The van der Waals surface area contributed by atoms with Gasteiger partial charge < -0.3 is 15.2 Å². The van der Waals surface area contributed by atoms with Crippen LogP contribution in [-0.4, -0.2) is 57.8 Å². The fraction of sp³-hybridized carbons (Fsp3) is 0.421. The lowest BCUT2D eigenvalue weighted by Gasteiger charge is -2.42. The molecule has 144 valence electrons. The fourth-order valence-corrected chi connectivity index (χ4v) is 3.32. The third-order valence-electron chi connectivity index (χ3n) is 4.50. The molecule has 1 aliphatic heterocycles. The number of rotatable bonds is 6. The highest BCUT2D eigenvalue weighted by Crippen LogP contribution is 2.28. The van der Waals surface area contributed by atoms with Crippen LogP contribution < -0.4 is 5.32 Å². The van der Waals surface area contributed by atoms with Gasteiger partial charge in [0.2, 0.25) is 0 Å². The molecule has 1 saturated heterocycles. The summed E-state index contributed by atoms with van der Waals surface area (Å²) in [7, 11) is 0. The number of anilines is 1. The first-order valence-corrected chi connectivity index (χ1v) is 9.14. The van der Waals surface area contributed by atoms with E-state index in [1.807, 2.05) is 24.3 Å². The number of aromatic nitrogens is 2. The van der Waals surface area contributed by atoms with Gasteiger partial charge in [0.15, 0.2) is 5.69 Å². The molecule has 2 heterocycles. The number of nitrogens with one attached hydrogen (secondary N) is 1. The third-order valence-corrected chi connectivity index (χ3v) is 4.75. The summed E-state index contributed by atoms with van der Waals surface area (Å²) in [5.41, 5.74) is 0.843. The number of morpholine rings is 1. The number of benzene rings is 1. The SMILES string of the molecule is CC1(C)CN(C(CNc2cnc(C(=O)O)cn2)c2ccc(Cl)cc2)CCO1. The summed E-state index contributed by atoms with van der Waals surface area (Å²) in [6.45, 7) is 7.06. The van der Waals surface area contributed by atoms with Gasteiger partial charge in [0.25, 0.3) is 0 Å². The number of carboxylic acids is 1. The lowest BCUT2D eigenvalue weighted by atomic mass is 10.0. The maximum atomic E-state index is 10.9. The van der Waals surface area contributed by atoms with E-state index in [2.05, 4.69) is 34.0 Å². The number of nitrogens with zero attached hydrogens (tertiary/aromatic N) is 3. The summed E-state index contributed by atoms with van der Waals surface area (Å²) in [6.07, 6.45) is 2.69. The number of halogens is 1. The average Bonchev–Trinajstić information content (AvgIpc) is 2.63. The first kappa shape index (κ1) is 19.5. The molecule has 1 unspecified atom stereocenters. The van der Waals surface area contributed by atoms with Crippen molar-refractivity contribution in [2.24, 2.45) is 0 Å². The first-order valence-electron chi connectivity index (χ1n) is 8.77. The molecule has 1 atom stereocenters. The number of hydrogen-bond acceptors (Lipinski definition) is 6. The molecule has 8 heteroatoms. The van der Waals surface area contributed by atoms with Gasteiger partial charge in [-0.25, -0.2) is 14.8 Å². The number of carbonyl (C=O) groups is 1. The highest BCUT2D eigenvalue weighted by atomic mass is 35.5. The summed E-state index contributed by atoms with van der Waals surface area (Å²) in [5, 5.41) is 12.9. The second-order valence-electron chi connectivity index (χ2n) is 7.12. The number of hydrogen-bond donors (Lipinski definition) is 2. The minimum absolute atomic E-state index is 0.0790. The molecule has 0 radical (unpaired) electrons. The molecule has 1 fully saturated rings. The minimum atomic E-state index is -1.09. The monoisotopic (exact) mass is 390 g/mol. The summed E-state index contributed by atoms with van der Waals surface area (Å²) < 4.78 is 5.84. The van der Waals surface area contributed by atoms with Crippen LogP contribution in [0.1, 0.15) is 35.9 Å². The zero-order valence-electron chi connectivity index (χ0n) is 15.4. The van der Waals surface area contributed by atoms with Gasteiger partial charge >= 0.3 is 5.97 Å². The Balaban J connectivity index is 1.77. The predicted molar refractivity (Wildman–Crippen MR) is 103 cm³/mol. The maximum Gasteiger partial charge on any atom is 0.356 e. The van der Waals surface area contributed by atoms with Gasteiger partial charge in [0.1, 0.15) is 5.82 Å². The molecule has 2 aromatic rings. The van der Waals surface area contributed by atoms with Crippen molar-refractivity contribution in [3.63, 3.8) is 0 Å². The molecule has 3 rings (SSSR count). The van der Waals surface area contributed by atoms with Crippen molar-refractivity contribution in [2.45, 2.75) is 25.5 Å². The summed E-state index contributed by atoms with van der Waals surface area (Å²) in [6, 6.07) is 7.91. The fourth-order valence-electron chi connectivity index (χ4n) is 3.19. The Morgan fingerprint density at radius 3 is 2.67 bits per heavy atom. The quantitative estimate of drug-likeness (QED) is 0.783. The smallest absolute Gasteiger partial charge is 0.356 e. The van der Waals surface area contributed by atoms with Crippen LogP contribution in [0.5, 0.6) is 0 Å². The highest BCUT2D eigenvalue weighted by Gasteiger charge is 2.32. The van der Waals surface area contributed by atoms with E-state index < -0.39 is 5.97 Å². The molecular weight excluding hydrogens is 368 g/mol. The molecule has 0 aliphatic carbocycles. The molecule has 1 aliphatic rings. The largest absolute Gasteiger partial charge is 0.476 e. The van der Waals surface area contributed by atoms with Crippen LogP contribution >= 0.6 is 11.6 Å². The zero-order chi connectivity index (χ0) is 19.4. The van der Waals surface area contributed by atoms with E-state index in [0.717, 1.165) is 18.7 Å². The van der Waals surface area contributed by atoms with Crippen LogP contribution in [-0.2, 0) is 4.74 Å². The second kappa shape index (κ2) is 8.21. The highest BCUT2D eigenvalue weighted by molar-refractivity contribution is 6.30. The zero-order valence-corrected chi connectivity index (χ0v) is 16.1. The maximum absolute atomic E-state index is 10.9. The Morgan fingerprint density at radius 1 is 1.33 bits per heavy atom. The first-order chi connectivity index (χ1) is 12.8. The van der Waals surface area contributed by atoms with Crippen molar-refractivity contribution in [3.05, 3.63) is 52.9 Å². The van der Waals surface area contributed by atoms with Crippen LogP contribution in [0.4, 0.5) is 5.82 Å². The Kier molecular flexibility index (Phi) is 5.94. The van der Waals surface area contributed by atoms with Gasteiger partial charge in [-0.05, 0) is 31.5 Å². The topological polar surface area (TPSA) is 87.6 Å². The van der Waals surface area contributed by atoms with Crippen LogP contribution in [0.15, 0.2) is 36.7 Å². The van der Waals surface area contributed by atoms with Crippen LogP contribution in [0.2, 0.25) is 5.02 Å². The summed E-state index contributed by atoms with van der Waals surface area (Å²) in [5.74, 6) is -0.560. The van der Waals surface area contributed by atoms with Crippen molar-refractivity contribution in [1.29, 1.82) is 0 Å². The average molecular weight is 391 g/mol. The van der Waals surface area contributed by atoms with Gasteiger partial charge in [-0.15, -0.1) is 0 Å². The van der Waals surface area contributed by atoms with Crippen LogP contribution in [0.3, 0.4) is 0 Å².